The molecular formula is C17H22N4O3S. The van der Waals surface area contributed by atoms with Crippen LogP contribution >= 0.6 is 0 Å². The monoisotopic (exact) mass is 362 g/mol. The Labute approximate surface area is 148 Å². The van der Waals surface area contributed by atoms with Crippen LogP contribution in [0.1, 0.15) is 12.0 Å². The predicted octanol–water partition coefficient (Wildman–Crippen LogP) is 1.13. The summed E-state index contributed by atoms with van der Waals surface area (Å²) in [7, 11) is 0.174. The average molecular weight is 362 g/mol. The van der Waals surface area contributed by atoms with Gasteiger partial charge in [-0.1, -0.05) is 24.3 Å². The fourth-order valence-electron chi connectivity index (χ4n) is 2.24. The first-order chi connectivity index (χ1) is 11.9. The number of benzene rings is 1. The number of pyridine rings is 1. The van der Waals surface area contributed by atoms with E-state index in [0.717, 1.165) is 11.4 Å². The molecule has 1 amide bonds. The molecule has 1 aromatic carbocycles. The molecule has 2 rings (SSSR count). The first-order valence-corrected chi connectivity index (χ1v) is 9.31. The minimum atomic E-state index is -3.59. The number of carbonyl (C=O) groups is 1. The molecule has 2 aromatic rings. The molecule has 0 fully saturated rings. The van der Waals surface area contributed by atoms with Crippen LogP contribution in [0, 0.1) is 0 Å². The molecule has 0 radical (unpaired) electrons. The van der Waals surface area contributed by atoms with E-state index in [2.05, 4.69) is 15.0 Å². The van der Waals surface area contributed by atoms with Crippen molar-refractivity contribution < 1.29 is 13.2 Å². The first-order valence-electron chi connectivity index (χ1n) is 7.83. The fourth-order valence-corrected chi connectivity index (χ4v) is 3.29. The Morgan fingerprint density at radius 2 is 1.84 bits per heavy atom. The Morgan fingerprint density at radius 3 is 2.52 bits per heavy atom. The van der Waals surface area contributed by atoms with Gasteiger partial charge in [0.05, 0.1) is 4.90 Å². The molecule has 0 atom stereocenters. The molecular weight excluding hydrogens is 340 g/mol. The van der Waals surface area contributed by atoms with E-state index < -0.39 is 10.0 Å². The molecule has 7 nitrogen and oxygen atoms in total. The van der Waals surface area contributed by atoms with E-state index in [1.165, 1.54) is 12.1 Å². The first kappa shape index (κ1) is 18.9. The lowest BCUT2D eigenvalue weighted by molar-refractivity contribution is -0.121. The van der Waals surface area contributed by atoms with Gasteiger partial charge in [0.15, 0.2) is 0 Å². The zero-order chi connectivity index (χ0) is 18.3. The van der Waals surface area contributed by atoms with E-state index >= 15 is 0 Å². The van der Waals surface area contributed by atoms with Gasteiger partial charge < -0.3 is 10.2 Å². The summed E-state index contributed by atoms with van der Waals surface area (Å²) in [5.74, 6) is 0.553. The standard InChI is InChI=1S/C17H22N4O3S/c1-21(2)17-14(7-6-11-18-17)13-19-16(22)10-12-20-25(23,24)15-8-4-3-5-9-15/h3-9,11,20H,10,12-13H2,1-2H3,(H,19,22). The van der Waals surface area contributed by atoms with E-state index in [4.69, 9.17) is 0 Å². The number of hydrogen-bond acceptors (Lipinski definition) is 5. The summed E-state index contributed by atoms with van der Waals surface area (Å²) in [6.07, 6.45) is 1.75. The highest BCUT2D eigenvalue weighted by Crippen LogP contribution is 2.13. The summed E-state index contributed by atoms with van der Waals surface area (Å²) >= 11 is 0. The van der Waals surface area contributed by atoms with Gasteiger partial charge in [-0.05, 0) is 18.2 Å². The molecule has 0 spiro atoms. The van der Waals surface area contributed by atoms with Crippen molar-refractivity contribution in [1.29, 1.82) is 0 Å². The molecule has 1 aromatic heterocycles. The number of hydrogen-bond donors (Lipinski definition) is 2. The van der Waals surface area contributed by atoms with E-state index in [9.17, 15) is 13.2 Å². The van der Waals surface area contributed by atoms with Gasteiger partial charge in [-0.25, -0.2) is 18.1 Å². The lowest BCUT2D eigenvalue weighted by Crippen LogP contribution is -2.31. The third-order valence-corrected chi connectivity index (χ3v) is 4.94. The van der Waals surface area contributed by atoms with Crippen LogP contribution in [-0.2, 0) is 21.4 Å². The third-order valence-electron chi connectivity index (χ3n) is 3.46. The zero-order valence-corrected chi connectivity index (χ0v) is 15.1. The maximum Gasteiger partial charge on any atom is 0.240 e. The Kier molecular flexibility index (Phi) is 6.49. The van der Waals surface area contributed by atoms with E-state index in [1.54, 1.807) is 24.4 Å². The quantitative estimate of drug-likeness (QED) is 0.735. The van der Waals surface area contributed by atoms with Crippen LogP contribution in [0.5, 0.6) is 0 Å². The predicted molar refractivity (Wildman–Crippen MR) is 96.7 cm³/mol. The molecule has 8 heteroatoms. The number of carbonyl (C=O) groups excluding carboxylic acids is 1. The highest BCUT2D eigenvalue weighted by atomic mass is 32.2. The molecule has 0 aliphatic rings. The van der Waals surface area contributed by atoms with Gasteiger partial charge in [-0.2, -0.15) is 0 Å². The molecule has 1 heterocycles. The van der Waals surface area contributed by atoms with Crippen molar-refractivity contribution in [1.82, 2.24) is 15.0 Å². The SMILES string of the molecule is CN(C)c1ncccc1CNC(=O)CCNS(=O)(=O)c1ccccc1. The summed E-state index contributed by atoms with van der Waals surface area (Å²) in [6, 6.07) is 11.8. The van der Waals surface area contributed by atoms with E-state index in [-0.39, 0.29) is 23.8 Å². The van der Waals surface area contributed by atoms with Gasteiger partial charge in [0.25, 0.3) is 0 Å². The van der Waals surface area contributed by atoms with Crippen LogP contribution in [0.25, 0.3) is 0 Å². The largest absolute Gasteiger partial charge is 0.362 e. The van der Waals surface area contributed by atoms with Crippen LogP contribution in [0.4, 0.5) is 5.82 Å². The fraction of sp³-hybridized carbons (Fsp3) is 0.294. The van der Waals surface area contributed by atoms with Gasteiger partial charge in [0.1, 0.15) is 5.82 Å². The van der Waals surface area contributed by atoms with Crippen molar-refractivity contribution in [3.8, 4) is 0 Å². The zero-order valence-electron chi connectivity index (χ0n) is 14.3. The van der Waals surface area contributed by atoms with Crippen LogP contribution in [0.3, 0.4) is 0 Å². The summed E-state index contributed by atoms with van der Waals surface area (Å²) < 4.78 is 26.5. The second kappa shape index (κ2) is 8.59. The Balaban J connectivity index is 1.82. The molecule has 134 valence electrons. The molecule has 0 saturated carbocycles. The van der Waals surface area contributed by atoms with Crippen molar-refractivity contribution in [2.75, 3.05) is 25.5 Å². The molecule has 0 unspecified atom stereocenters. The lowest BCUT2D eigenvalue weighted by Gasteiger charge is -2.16. The van der Waals surface area contributed by atoms with Crippen molar-refractivity contribution in [3.63, 3.8) is 0 Å². The molecule has 25 heavy (non-hydrogen) atoms. The summed E-state index contributed by atoms with van der Waals surface area (Å²) in [5, 5.41) is 2.78. The summed E-state index contributed by atoms with van der Waals surface area (Å²) in [6.45, 7) is 0.377. The second-order valence-corrected chi connectivity index (χ2v) is 7.39. The van der Waals surface area contributed by atoms with Crippen molar-refractivity contribution in [2.45, 2.75) is 17.9 Å². The highest BCUT2D eigenvalue weighted by molar-refractivity contribution is 7.89. The number of anilines is 1. The number of sulfonamides is 1. The number of rotatable bonds is 8. The number of nitrogens with zero attached hydrogens (tertiary/aromatic N) is 2. The second-order valence-electron chi connectivity index (χ2n) is 5.62. The van der Waals surface area contributed by atoms with E-state index in [1.807, 2.05) is 31.1 Å². The smallest absolute Gasteiger partial charge is 0.240 e. The third kappa shape index (κ3) is 5.54. The highest BCUT2D eigenvalue weighted by Gasteiger charge is 2.13. The summed E-state index contributed by atoms with van der Waals surface area (Å²) in [5.41, 5.74) is 0.894. The number of aromatic nitrogens is 1. The van der Waals surface area contributed by atoms with Gasteiger partial charge >= 0.3 is 0 Å². The molecule has 0 saturated heterocycles. The van der Waals surface area contributed by atoms with Crippen molar-refractivity contribution in [3.05, 3.63) is 54.2 Å². The minimum Gasteiger partial charge on any atom is -0.362 e. The van der Waals surface area contributed by atoms with Gasteiger partial charge in [-0.3, -0.25) is 4.79 Å². The molecule has 2 N–H and O–H groups in total. The molecule has 0 bridgehead atoms. The number of nitrogens with one attached hydrogen (secondary N) is 2. The normalized spacial score (nSPS) is 11.1. The van der Waals surface area contributed by atoms with Gasteiger partial charge in [0, 0.05) is 45.4 Å². The maximum absolute atomic E-state index is 12.1. The Bertz CT molecular complexity index is 808. The molecule has 0 aliphatic carbocycles. The van der Waals surface area contributed by atoms with Crippen LogP contribution in [0.15, 0.2) is 53.6 Å². The van der Waals surface area contributed by atoms with Gasteiger partial charge in [-0.15, -0.1) is 0 Å². The van der Waals surface area contributed by atoms with Gasteiger partial charge in [0.2, 0.25) is 15.9 Å². The Hall–Kier alpha value is -2.45. The Morgan fingerprint density at radius 1 is 1.12 bits per heavy atom. The number of amides is 1. The van der Waals surface area contributed by atoms with Crippen LogP contribution < -0.4 is 14.9 Å². The molecule has 0 aliphatic heterocycles. The van der Waals surface area contributed by atoms with Crippen LogP contribution in [-0.4, -0.2) is 39.9 Å². The topological polar surface area (TPSA) is 91.4 Å². The van der Waals surface area contributed by atoms with Crippen molar-refractivity contribution in [2.24, 2.45) is 0 Å². The minimum absolute atomic E-state index is 0.0383. The maximum atomic E-state index is 12.1. The lowest BCUT2D eigenvalue weighted by atomic mass is 10.2. The van der Waals surface area contributed by atoms with E-state index in [0.29, 0.717) is 6.54 Å². The van der Waals surface area contributed by atoms with Crippen LogP contribution in [0.2, 0.25) is 0 Å². The van der Waals surface area contributed by atoms with Crippen molar-refractivity contribution >= 4 is 21.7 Å². The average Bonchev–Trinajstić information content (AvgIpc) is 2.60. The summed E-state index contributed by atoms with van der Waals surface area (Å²) in [4.78, 5) is 18.3.